The molecule has 35 heavy (non-hydrogen) atoms. The van der Waals surface area contributed by atoms with E-state index in [0.29, 0.717) is 10.7 Å². The highest BCUT2D eigenvalue weighted by Crippen LogP contribution is 2.44. The summed E-state index contributed by atoms with van der Waals surface area (Å²) in [6.45, 7) is 1.62. The Hall–Kier alpha value is -3.20. The molecule has 2 aromatic rings. The number of thiocarbonyl (C=S) groups is 1. The fourth-order valence-electron chi connectivity index (χ4n) is 3.63. The second-order valence-electron chi connectivity index (χ2n) is 7.45. The second-order valence-corrected chi connectivity index (χ2v) is 10.0. The molecule has 0 bridgehead atoms. The summed E-state index contributed by atoms with van der Waals surface area (Å²) in [6, 6.07) is 0.977. The van der Waals surface area contributed by atoms with Crippen LogP contribution in [0.3, 0.4) is 0 Å². The summed E-state index contributed by atoms with van der Waals surface area (Å²) in [5, 5.41) is 35.2. The number of carboxylic acids is 1. The maximum atomic E-state index is 13.0. The van der Waals surface area contributed by atoms with Crippen LogP contribution >= 0.6 is 35.7 Å². The molecule has 4 atom stereocenters. The van der Waals surface area contributed by atoms with Gasteiger partial charge in [-0.3, -0.25) is 14.5 Å². The van der Waals surface area contributed by atoms with Crippen LogP contribution in [0.15, 0.2) is 25.7 Å². The molecule has 2 aliphatic rings. The number of nitrogens with one attached hydrogen (secondary N) is 2. The van der Waals surface area contributed by atoms with Crippen LogP contribution in [0, 0.1) is 11.3 Å². The highest BCUT2D eigenvalue weighted by Gasteiger charge is 2.55. The van der Waals surface area contributed by atoms with Crippen molar-refractivity contribution in [3.63, 3.8) is 0 Å². The van der Waals surface area contributed by atoms with Crippen LogP contribution in [-0.2, 0) is 21.4 Å². The summed E-state index contributed by atoms with van der Waals surface area (Å²) in [6.07, 6.45) is 0. The van der Waals surface area contributed by atoms with Crippen molar-refractivity contribution in [3.8, 4) is 6.07 Å². The smallest absolute Gasteiger partial charge is 0.352 e. The van der Waals surface area contributed by atoms with Crippen molar-refractivity contribution in [2.75, 3.05) is 12.9 Å². The summed E-state index contributed by atoms with van der Waals surface area (Å²) in [7, 11) is 3.08. The molecule has 2 unspecified atom stereocenters. The normalized spacial score (nSPS) is 21.1. The number of aromatic amines is 1. The lowest BCUT2D eigenvalue weighted by atomic mass is 10.0. The van der Waals surface area contributed by atoms with Gasteiger partial charge in [-0.05, 0) is 29.1 Å². The van der Waals surface area contributed by atoms with E-state index in [9.17, 15) is 24.8 Å². The lowest BCUT2D eigenvalue weighted by Crippen LogP contribution is -2.70. The van der Waals surface area contributed by atoms with Crippen LogP contribution in [0.25, 0.3) is 0 Å². The quantitative estimate of drug-likeness (QED) is 0.173. The Morgan fingerprint density at radius 1 is 1.51 bits per heavy atom. The first kappa shape index (κ1) is 24.9. The van der Waals surface area contributed by atoms with E-state index in [2.05, 4.69) is 26.0 Å². The molecule has 3 N–H and O–H groups in total. The number of fused-ring (bicyclic) bond motifs is 1. The average Bonchev–Trinajstić information content (AvgIpc) is 3.43. The first-order valence-corrected chi connectivity index (χ1v) is 12.3. The molecule has 0 aliphatic carbocycles. The van der Waals surface area contributed by atoms with Crippen molar-refractivity contribution in [1.29, 1.82) is 5.26 Å². The van der Waals surface area contributed by atoms with E-state index in [0.717, 1.165) is 11.8 Å². The van der Waals surface area contributed by atoms with Gasteiger partial charge in [-0.25, -0.2) is 9.48 Å². The fraction of sp³-hybridized carbons (Fsp3) is 0.444. The van der Waals surface area contributed by atoms with Gasteiger partial charge in [0.2, 0.25) is 5.16 Å². The number of carbonyl (C=O) groups is 2. The Labute approximate surface area is 211 Å². The molecule has 184 valence electrons. The average molecular weight is 539 g/mol. The van der Waals surface area contributed by atoms with Crippen molar-refractivity contribution >= 4 is 52.6 Å². The number of rotatable bonds is 8. The number of hydrogen-bond donors (Lipinski definition) is 3. The molecule has 0 spiro atoms. The first-order valence-electron chi connectivity index (χ1n) is 9.94. The third-order valence-electron chi connectivity index (χ3n) is 5.42. The number of aromatic nitrogens is 5. The van der Waals surface area contributed by atoms with E-state index in [-0.39, 0.29) is 27.8 Å². The molecule has 1 fully saturated rings. The monoisotopic (exact) mass is 538 g/mol. The summed E-state index contributed by atoms with van der Waals surface area (Å²) in [5.41, 5.74) is -1.35. The van der Waals surface area contributed by atoms with Crippen molar-refractivity contribution < 1.29 is 24.0 Å². The van der Waals surface area contributed by atoms with E-state index in [1.165, 1.54) is 28.5 Å². The molecule has 4 rings (SSSR count). The predicted molar refractivity (Wildman–Crippen MR) is 125 cm³/mol. The van der Waals surface area contributed by atoms with Crippen LogP contribution in [0.1, 0.15) is 24.2 Å². The van der Waals surface area contributed by atoms with Crippen molar-refractivity contribution in [2.45, 2.75) is 34.8 Å². The van der Waals surface area contributed by atoms with Gasteiger partial charge in [0.1, 0.15) is 28.6 Å². The van der Waals surface area contributed by atoms with Gasteiger partial charge in [-0.1, -0.05) is 12.2 Å². The SMILES string of the molecule is COC(Sc1nnnn1C)C1=C(C(=O)O)N2C(=O)[C@@H](NC(=S)C(C)c3o[nH]c(=O)c3C#N)[C@@H]2SC1. The van der Waals surface area contributed by atoms with E-state index in [1.807, 2.05) is 0 Å². The van der Waals surface area contributed by atoms with E-state index >= 15 is 0 Å². The number of β-lactam (4-membered cyclic amide) rings is 1. The Morgan fingerprint density at radius 2 is 2.26 bits per heavy atom. The molecule has 0 saturated carbocycles. The minimum atomic E-state index is -1.26. The number of nitriles is 1. The van der Waals surface area contributed by atoms with Crippen LogP contribution in [0.5, 0.6) is 0 Å². The topological polar surface area (TPSA) is 192 Å². The van der Waals surface area contributed by atoms with E-state index in [1.54, 1.807) is 20.0 Å². The highest BCUT2D eigenvalue weighted by atomic mass is 32.2. The number of methoxy groups -OCH3 is 1. The van der Waals surface area contributed by atoms with E-state index in [4.69, 9.17) is 21.5 Å². The van der Waals surface area contributed by atoms with E-state index < -0.39 is 40.2 Å². The van der Waals surface area contributed by atoms with Crippen LogP contribution in [-0.4, -0.2) is 81.9 Å². The molecule has 0 radical (unpaired) electrons. The second kappa shape index (κ2) is 9.81. The summed E-state index contributed by atoms with van der Waals surface area (Å²) >= 11 is 7.87. The zero-order valence-electron chi connectivity index (χ0n) is 18.4. The van der Waals surface area contributed by atoms with Gasteiger partial charge in [0.25, 0.3) is 11.5 Å². The van der Waals surface area contributed by atoms with Gasteiger partial charge in [0.15, 0.2) is 11.3 Å². The van der Waals surface area contributed by atoms with Gasteiger partial charge >= 0.3 is 5.97 Å². The predicted octanol–water partition coefficient (Wildman–Crippen LogP) is -0.229. The standard InChI is InChI=1S/C18H18N8O6S3/c1-6(11-7(4-19)12(27)22-32-11)13(33)20-9-14(28)26-10(16(29)30)8(5-34-15(9)26)17(31-3)35-18-21-23-24-25(18)2/h6,9,15,17H,5H2,1-3H3,(H,20,33)(H,22,27)(H,29,30)/t6?,9-,15+,17?/m1/s1. The highest BCUT2D eigenvalue weighted by molar-refractivity contribution is 8.01. The lowest BCUT2D eigenvalue weighted by molar-refractivity contribution is -0.148. The number of aliphatic carboxylic acids is 1. The molecule has 2 aliphatic heterocycles. The number of carboxylic acid groups (broad SMARTS) is 1. The number of thioether (sulfide) groups is 2. The molecule has 4 heterocycles. The largest absolute Gasteiger partial charge is 0.477 e. The lowest BCUT2D eigenvalue weighted by Gasteiger charge is -2.50. The number of ether oxygens (including phenoxy) is 1. The number of aryl methyl sites for hydroxylation is 1. The molecule has 2 aromatic heterocycles. The molecule has 17 heteroatoms. The zero-order valence-corrected chi connectivity index (χ0v) is 20.9. The van der Waals surface area contributed by atoms with Gasteiger partial charge < -0.3 is 19.7 Å². The third kappa shape index (κ3) is 4.33. The maximum Gasteiger partial charge on any atom is 0.352 e. The summed E-state index contributed by atoms with van der Waals surface area (Å²) in [5.74, 6) is -2.09. The number of carbonyl (C=O) groups excluding carboxylic acids is 1. The van der Waals surface area contributed by atoms with Crippen LogP contribution < -0.4 is 10.9 Å². The molecule has 14 nitrogen and oxygen atoms in total. The van der Waals surface area contributed by atoms with Gasteiger partial charge in [-0.15, -0.1) is 16.9 Å². The molecular weight excluding hydrogens is 520 g/mol. The molecule has 1 saturated heterocycles. The van der Waals surface area contributed by atoms with Gasteiger partial charge in [0, 0.05) is 25.5 Å². The van der Waals surface area contributed by atoms with Gasteiger partial charge in [0.05, 0.1) is 10.9 Å². The Balaban J connectivity index is 1.54. The number of nitrogens with zero attached hydrogens (tertiary/aromatic N) is 6. The van der Waals surface area contributed by atoms with Crippen molar-refractivity contribution in [3.05, 3.63) is 32.9 Å². The number of hydrogen-bond acceptors (Lipinski definition) is 12. The molecular formula is C18H18N8O6S3. The Bertz CT molecular complexity index is 1330. The number of tetrazole rings is 1. The Kier molecular flexibility index (Phi) is 6.98. The molecule has 1 amide bonds. The first-order chi connectivity index (χ1) is 16.7. The van der Waals surface area contributed by atoms with Crippen LogP contribution in [0.2, 0.25) is 0 Å². The zero-order chi connectivity index (χ0) is 25.4. The van der Waals surface area contributed by atoms with Gasteiger partial charge in [-0.2, -0.15) is 10.4 Å². The van der Waals surface area contributed by atoms with Crippen molar-refractivity contribution in [2.24, 2.45) is 7.05 Å². The number of H-pyrrole nitrogens is 1. The third-order valence-corrected chi connectivity index (χ3v) is 8.44. The summed E-state index contributed by atoms with van der Waals surface area (Å²) < 4.78 is 12.0. The minimum absolute atomic E-state index is 0.0570. The molecule has 0 aromatic carbocycles. The number of amides is 1. The van der Waals surface area contributed by atoms with Crippen molar-refractivity contribution in [1.82, 2.24) is 35.6 Å². The Morgan fingerprint density at radius 3 is 2.86 bits per heavy atom. The van der Waals surface area contributed by atoms with Crippen LogP contribution in [0.4, 0.5) is 0 Å². The minimum Gasteiger partial charge on any atom is -0.477 e. The maximum absolute atomic E-state index is 13.0. The summed E-state index contributed by atoms with van der Waals surface area (Å²) in [4.78, 5) is 38.3. The fourth-order valence-corrected chi connectivity index (χ4v) is 6.24.